The number of hydrogen-bond donors (Lipinski definition) is 2. The fourth-order valence-corrected chi connectivity index (χ4v) is 2.84. The first kappa shape index (κ1) is 18.3. The van der Waals surface area contributed by atoms with Crippen molar-refractivity contribution in [3.8, 4) is 0 Å². The molecule has 0 radical (unpaired) electrons. The summed E-state index contributed by atoms with van der Waals surface area (Å²) in [6, 6.07) is 4.03. The largest absolute Gasteiger partial charge is 0.313 e. The van der Waals surface area contributed by atoms with E-state index in [1.807, 2.05) is 13.8 Å². The molecule has 19 heavy (non-hydrogen) atoms. The lowest BCUT2D eigenvalue weighted by atomic mass is 10.2. The number of aryl methyl sites for hydroxylation is 1. The lowest BCUT2D eigenvalue weighted by Gasteiger charge is -2.14. The van der Waals surface area contributed by atoms with Crippen molar-refractivity contribution in [2.75, 3.05) is 13.1 Å². The minimum absolute atomic E-state index is 0. The van der Waals surface area contributed by atoms with Crippen LogP contribution in [0.1, 0.15) is 19.4 Å². The Morgan fingerprint density at radius 2 is 2.00 bits per heavy atom. The summed E-state index contributed by atoms with van der Waals surface area (Å²) in [5.74, 6) is -0.732. The normalized spacial score (nSPS) is 12.8. The molecule has 0 spiro atoms. The van der Waals surface area contributed by atoms with E-state index in [-0.39, 0.29) is 29.9 Å². The van der Waals surface area contributed by atoms with E-state index < -0.39 is 15.8 Å². The average molecular weight is 311 g/mol. The number of hydrogen-bond acceptors (Lipinski definition) is 3. The quantitative estimate of drug-likeness (QED) is 0.843. The molecule has 0 saturated carbocycles. The van der Waals surface area contributed by atoms with Gasteiger partial charge in [-0.3, -0.25) is 0 Å². The number of halogens is 2. The molecule has 0 saturated heterocycles. The number of sulfonamides is 1. The van der Waals surface area contributed by atoms with Crippen LogP contribution in [0.15, 0.2) is 23.1 Å². The third kappa shape index (κ3) is 5.44. The molecular weight excluding hydrogens is 291 g/mol. The van der Waals surface area contributed by atoms with Gasteiger partial charge in [-0.05, 0) is 38.1 Å². The van der Waals surface area contributed by atoms with Gasteiger partial charge in [0.15, 0.2) is 0 Å². The van der Waals surface area contributed by atoms with Gasteiger partial charge in [0.25, 0.3) is 0 Å². The highest BCUT2D eigenvalue weighted by Crippen LogP contribution is 2.15. The van der Waals surface area contributed by atoms with Gasteiger partial charge in [0.05, 0.1) is 0 Å². The van der Waals surface area contributed by atoms with Gasteiger partial charge in [0, 0.05) is 12.6 Å². The Morgan fingerprint density at radius 1 is 1.37 bits per heavy atom. The van der Waals surface area contributed by atoms with Gasteiger partial charge in [-0.25, -0.2) is 17.5 Å². The molecule has 0 aliphatic carbocycles. The monoisotopic (exact) mass is 310 g/mol. The molecule has 1 rings (SSSR count). The second-order valence-electron chi connectivity index (χ2n) is 4.24. The highest BCUT2D eigenvalue weighted by atomic mass is 35.5. The van der Waals surface area contributed by atoms with Crippen LogP contribution in [0, 0.1) is 12.7 Å². The average Bonchev–Trinajstić information content (AvgIpc) is 2.30. The van der Waals surface area contributed by atoms with Gasteiger partial charge >= 0.3 is 0 Å². The fourth-order valence-electron chi connectivity index (χ4n) is 1.55. The molecule has 0 aromatic heterocycles. The number of likely N-dealkylation sites (N-methyl/N-ethyl adjacent to an activating group) is 1. The Labute approximate surface area is 120 Å². The molecule has 1 aromatic carbocycles. The fraction of sp³-hybridized carbons (Fsp3) is 0.500. The van der Waals surface area contributed by atoms with Crippen molar-refractivity contribution in [1.82, 2.24) is 10.0 Å². The summed E-state index contributed by atoms with van der Waals surface area (Å²) in [6.07, 6.45) is 0. The zero-order valence-electron chi connectivity index (χ0n) is 11.2. The Balaban J connectivity index is 0.00000324. The molecule has 0 heterocycles. The van der Waals surface area contributed by atoms with Crippen LogP contribution in [0.2, 0.25) is 0 Å². The highest BCUT2D eigenvalue weighted by molar-refractivity contribution is 7.89. The van der Waals surface area contributed by atoms with Crippen LogP contribution >= 0.6 is 12.4 Å². The van der Waals surface area contributed by atoms with Crippen LogP contribution in [-0.4, -0.2) is 27.5 Å². The summed E-state index contributed by atoms with van der Waals surface area (Å²) in [7, 11) is -3.79. The molecule has 2 N–H and O–H groups in total. The van der Waals surface area contributed by atoms with E-state index in [9.17, 15) is 12.8 Å². The van der Waals surface area contributed by atoms with Crippen molar-refractivity contribution >= 4 is 22.4 Å². The Morgan fingerprint density at radius 3 is 2.58 bits per heavy atom. The first-order valence-corrected chi connectivity index (χ1v) is 7.34. The van der Waals surface area contributed by atoms with E-state index in [1.165, 1.54) is 12.1 Å². The molecule has 7 heteroatoms. The van der Waals surface area contributed by atoms with Crippen LogP contribution in [0.3, 0.4) is 0 Å². The Kier molecular flexibility index (Phi) is 7.51. The minimum atomic E-state index is -3.79. The van der Waals surface area contributed by atoms with E-state index in [1.54, 1.807) is 6.92 Å². The van der Waals surface area contributed by atoms with E-state index in [4.69, 9.17) is 0 Å². The molecule has 0 aliphatic heterocycles. The molecule has 110 valence electrons. The first-order chi connectivity index (χ1) is 8.36. The summed E-state index contributed by atoms with van der Waals surface area (Å²) >= 11 is 0. The summed E-state index contributed by atoms with van der Waals surface area (Å²) in [6.45, 7) is 6.49. The maximum atomic E-state index is 13.5. The van der Waals surface area contributed by atoms with Gasteiger partial charge in [-0.2, -0.15) is 0 Å². The first-order valence-electron chi connectivity index (χ1n) is 5.86. The summed E-state index contributed by atoms with van der Waals surface area (Å²) in [5.41, 5.74) is 0.705. The van der Waals surface area contributed by atoms with Crippen LogP contribution < -0.4 is 10.0 Å². The highest BCUT2D eigenvalue weighted by Gasteiger charge is 2.19. The van der Waals surface area contributed by atoms with Crippen molar-refractivity contribution in [3.63, 3.8) is 0 Å². The molecule has 0 amide bonds. The Bertz CT molecular complexity index is 508. The zero-order chi connectivity index (χ0) is 13.8. The van der Waals surface area contributed by atoms with Gasteiger partial charge in [-0.1, -0.05) is 13.0 Å². The minimum Gasteiger partial charge on any atom is -0.313 e. The smallest absolute Gasteiger partial charge is 0.243 e. The van der Waals surface area contributed by atoms with Crippen molar-refractivity contribution < 1.29 is 12.8 Å². The van der Waals surface area contributed by atoms with E-state index in [2.05, 4.69) is 10.0 Å². The SMILES string of the molecule is CCN[C@H](C)CNS(=O)(=O)c1cc(C)ccc1F.Cl. The van der Waals surface area contributed by atoms with Crippen molar-refractivity contribution in [3.05, 3.63) is 29.6 Å². The molecule has 0 aliphatic rings. The van der Waals surface area contributed by atoms with E-state index >= 15 is 0 Å². The van der Waals surface area contributed by atoms with Crippen molar-refractivity contribution in [2.24, 2.45) is 0 Å². The molecular formula is C12H20ClFN2O2S. The van der Waals surface area contributed by atoms with Crippen LogP contribution in [-0.2, 0) is 10.0 Å². The number of nitrogens with one attached hydrogen (secondary N) is 2. The standard InChI is InChI=1S/C12H19FN2O2S.ClH/c1-4-14-10(3)8-15-18(16,17)12-7-9(2)5-6-11(12)13;/h5-7,10,14-15H,4,8H2,1-3H3;1H/t10-;/m1./s1. The summed E-state index contributed by atoms with van der Waals surface area (Å²) < 4.78 is 39.8. The topological polar surface area (TPSA) is 58.2 Å². The molecule has 0 fully saturated rings. The third-order valence-corrected chi connectivity index (χ3v) is 3.95. The van der Waals surface area contributed by atoms with Crippen molar-refractivity contribution in [2.45, 2.75) is 31.7 Å². The van der Waals surface area contributed by atoms with E-state index in [0.717, 1.165) is 12.6 Å². The van der Waals surface area contributed by atoms with Crippen molar-refractivity contribution in [1.29, 1.82) is 0 Å². The lowest BCUT2D eigenvalue weighted by molar-refractivity contribution is 0.528. The molecule has 0 unspecified atom stereocenters. The zero-order valence-corrected chi connectivity index (χ0v) is 12.9. The second kappa shape index (κ2) is 7.79. The number of benzene rings is 1. The second-order valence-corrected chi connectivity index (χ2v) is 5.98. The lowest BCUT2D eigenvalue weighted by Crippen LogP contribution is -2.39. The Hall–Kier alpha value is -0.690. The molecule has 0 bridgehead atoms. The molecule has 4 nitrogen and oxygen atoms in total. The van der Waals surface area contributed by atoms with Gasteiger partial charge in [0.2, 0.25) is 10.0 Å². The molecule has 1 aromatic rings. The molecule has 1 atom stereocenters. The summed E-state index contributed by atoms with van der Waals surface area (Å²) in [5, 5.41) is 3.07. The third-order valence-electron chi connectivity index (χ3n) is 2.51. The van der Waals surface area contributed by atoms with Gasteiger partial charge < -0.3 is 5.32 Å². The number of rotatable bonds is 6. The predicted molar refractivity (Wildman–Crippen MR) is 76.7 cm³/mol. The van der Waals surface area contributed by atoms with Crippen LogP contribution in [0.4, 0.5) is 4.39 Å². The van der Waals surface area contributed by atoms with E-state index in [0.29, 0.717) is 5.56 Å². The van der Waals surface area contributed by atoms with Gasteiger partial charge in [0.1, 0.15) is 10.7 Å². The van der Waals surface area contributed by atoms with Gasteiger partial charge in [-0.15, -0.1) is 12.4 Å². The summed E-state index contributed by atoms with van der Waals surface area (Å²) in [4.78, 5) is -0.300. The maximum absolute atomic E-state index is 13.5. The predicted octanol–water partition coefficient (Wildman–Crippen LogP) is 1.83. The van der Waals surface area contributed by atoms with Crippen LogP contribution in [0.5, 0.6) is 0 Å². The van der Waals surface area contributed by atoms with Crippen LogP contribution in [0.25, 0.3) is 0 Å². The maximum Gasteiger partial charge on any atom is 0.243 e.